The Morgan fingerprint density at radius 3 is 2.11 bits per heavy atom. The number of rotatable bonds is 13. The summed E-state index contributed by atoms with van der Waals surface area (Å²) in [5, 5.41) is 1.29. The molecule has 0 radical (unpaired) electrons. The maximum atomic E-state index is 5.73. The van der Waals surface area contributed by atoms with Crippen molar-refractivity contribution < 1.29 is 4.74 Å². The van der Waals surface area contributed by atoms with E-state index < -0.39 is 10.0 Å². The van der Waals surface area contributed by atoms with Crippen LogP contribution in [0.5, 0.6) is 5.88 Å². The van der Waals surface area contributed by atoms with Crippen molar-refractivity contribution in [3.63, 3.8) is 0 Å². The largest absolute Gasteiger partial charge is 0.479 e. The average Bonchev–Trinajstić information content (AvgIpc) is 3.15. The lowest BCUT2D eigenvalue weighted by molar-refractivity contribution is 0.392. The lowest BCUT2D eigenvalue weighted by atomic mass is 10.3. The van der Waals surface area contributed by atoms with Crippen molar-refractivity contribution in [2.24, 2.45) is 0 Å². The highest BCUT2D eigenvalue weighted by Gasteiger charge is 2.27. The van der Waals surface area contributed by atoms with Crippen molar-refractivity contribution in [2.75, 3.05) is 24.4 Å². The minimum Gasteiger partial charge on any atom is -0.479 e. The number of pyridine rings is 1. The summed E-state index contributed by atoms with van der Waals surface area (Å²) in [5.74, 6) is 4.62. The van der Waals surface area contributed by atoms with Crippen molar-refractivity contribution in [1.82, 2.24) is 14.5 Å². The summed E-state index contributed by atoms with van der Waals surface area (Å²) in [4.78, 5) is 9.46. The van der Waals surface area contributed by atoms with Gasteiger partial charge in [-0.05, 0) is 55.6 Å². The molecule has 0 amide bonds. The van der Waals surface area contributed by atoms with Crippen molar-refractivity contribution in [3.05, 3.63) is 30.4 Å². The Labute approximate surface area is 173 Å². The summed E-state index contributed by atoms with van der Waals surface area (Å²) in [6, 6.07) is 4.46. The normalized spacial score (nSPS) is 12.3. The van der Waals surface area contributed by atoms with Crippen molar-refractivity contribution in [3.8, 4) is 11.6 Å². The fourth-order valence-corrected chi connectivity index (χ4v) is 7.96. The average molecular weight is 406 g/mol. The quantitative estimate of drug-likeness (QED) is 0.355. The Balaban J connectivity index is 2.44. The SMILES string of the molecule is CCCCCS(CCCC)(CCCC)c1ccc(-n2cnc(C)c2)c(OC)n1. The van der Waals surface area contributed by atoms with Gasteiger partial charge in [-0.15, -0.1) is 0 Å². The van der Waals surface area contributed by atoms with E-state index in [0.717, 1.165) is 17.3 Å². The molecule has 158 valence electrons. The molecular weight excluding hydrogens is 366 g/mol. The van der Waals surface area contributed by atoms with Crippen LogP contribution in [-0.2, 0) is 0 Å². The van der Waals surface area contributed by atoms with Crippen LogP contribution >= 0.6 is 10.0 Å². The van der Waals surface area contributed by atoms with Gasteiger partial charge in [-0.2, -0.15) is 10.0 Å². The summed E-state index contributed by atoms with van der Waals surface area (Å²) in [5.41, 5.74) is 1.97. The van der Waals surface area contributed by atoms with E-state index in [4.69, 9.17) is 9.72 Å². The zero-order valence-electron chi connectivity index (χ0n) is 18.5. The van der Waals surface area contributed by atoms with Crippen LogP contribution in [0.4, 0.5) is 0 Å². The molecule has 0 spiro atoms. The maximum absolute atomic E-state index is 5.73. The minimum absolute atomic E-state index is 0.718. The summed E-state index contributed by atoms with van der Waals surface area (Å²) in [7, 11) is 0.814. The molecular formula is C23H39N3OS. The summed E-state index contributed by atoms with van der Waals surface area (Å²) < 4.78 is 7.74. The fraction of sp³-hybridized carbons (Fsp3) is 0.652. The van der Waals surface area contributed by atoms with Gasteiger partial charge in [0.05, 0.1) is 24.2 Å². The van der Waals surface area contributed by atoms with Gasteiger partial charge in [-0.3, -0.25) is 0 Å². The number of hydrogen-bond donors (Lipinski definition) is 0. The van der Waals surface area contributed by atoms with E-state index in [2.05, 4.69) is 37.9 Å². The number of methoxy groups -OCH3 is 1. The topological polar surface area (TPSA) is 39.9 Å². The second-order valence-corrected chi connectivity index (χ2v) is 11.4. The molecule has 0 aliphatic carbocycles. The first-order valence-electron chi connectivity index (χ1n) is 10.9. The second kappa shape index (κ2) is 11.5. The fourth-order valence-electron chi connectivity index (χ4n) is 3.65. The lowest BCUT2D eigenvalue weighted by Crippen LogP contribution is -2.17. The minimum atomic E-state index is -0.914. The molecule has 0 aromatic carbocycles. The summed E-state index contributed by atoms with van der Waals surface area (Å²) in [6.07, 6.45) is 12.8. The van der Waals surface area contributed by atoms with Crippen LogP contribution in [0.2, 0.25) is 0 Å². The molecule has 2 aromatic rings. The summed E-state index contributed by atoms with van der Waals surface area (Å²) in [6.45, 7) is 8.89. The maximum Gasteiger partial charge on any atom is 0.239 e. The Morgan fingerprint density at radius 1 is 0.929 bits per heavy atom. The molecule has 5 heteroatoms. The van der Waals surface area contributed by atoms with Crippen molar-refractivity contribution in [2.45, 2.75) is 77.7 Å². The van der Waals surface area contributed by atoms with Gasteiger partial charge in [0.25, 0.3) is 0 Å². The number of unbranched alkanes of at least 4 members (excludes halogenated alkanes) is 4. The highest BCUT2D eigenvalue weighted by Crippen LogP contribution is 2.57. The Morgan fingerprint density at radius 2 is 1.57 bits per heavy atom. The van der Waals surface area contributed by atoms with E-state index in [1.807, 2.05) is 24.0 Å². The predicted octanol–water partition coefficient (Wildman–Crippen LogP) is 6.54. The molecule has 0 saturated carbocycles. The Hall–Kier alpha value is -1.49. The zero-order valence-corrected chi connectivity index (χ0v) is 19.4. The lowest BCUT2D eigenvalue weighted by Gasteiger charge is -2.40. The molecule has 2 aromatic heterocycles. The van der Waals surface area contributed by atoms with Crippen LogP contribution in [0.3, 0.4) is 0 Å². The van der Waals surface area contributed by atoms with Gasteiger partial charge in [-0.25, -0.2) is 9.97 Å². The number of aryl methyl sites for hydroxylation is 1. The van der Waals surface area contributed by atoms with Crippen LogP contribution in [0.25, 0.3) is 5.69 Å². The number of nitrogens with zero attached hydrogens (tertiary/aromatic N) is 3. The zero-order chi connectivity index (χ0) is 20.4. The molecule has 0 atom stereocenters. The smallest absolute Gasteiger partial charge is 0.239 e. The van der Waals surface area contributed by atoms with Gasteiger partial charge < -0.3 is 9.30 Å². The van der Waals surface area contributed by atoms with E-state index >= 15 is 0 Å². The Kier molecular flexibility index (Phi) is 9.36. The molecule has 0 fully saturated rings. The van der Waals surface area contributed by atoms with E-state index in [-0.39, 0.29) is 0 Å². The van der Waals surface area contributed by atoms with Gasteiger partial charge in [-0.1, -0.05) is 46.5 Å². The number of aromatic nitrogens is 3. The third-order valence-corrected chi connectivity index (χ3v) is 9.68. The monoisotopic (exact) mass is 405 g/mol. The molecule has 28 heavy (non-hydrogen) atoms. The van der Waals surface area contributed by atoms with Gasteiger partial charge in [0.2, 0.25) is 5.88 Å². The molecule has 0 N–H and O–H groups in total. The molecule has 0 aliphatic heterocycles. The van der Waals surface area contributed by atoms with Crippen LogP contribution in [0.1, 0.15) is 71.4 Å². The second-order valence-electron chi connectivity index (χ2n) is 7.67. The third-order valence-electron chi connectivity index (χ3n) is 5.36. The Bertz CT molecular complexity index is 706. The van der Waals surface area contributed by atoms with Gasteiger partial charge in [0, 0.05) is 6.20 Å². The third kappa shape index (κ3) is 5.76. The van der Waals surface area contributed by atoms with Gasteiger partial charge in [0.1, 0.15) is 5.69 Å². The first-order chi connectivity index (χ1) is 13.6. The molecule has 0 unspecified atom stereocenters. The molecule has 2 rings (SSSR count). The molecule has 0 bridgehead atoms. The van der Waals surface area contributed by atoms with E-state index in [1.54, 1.807) is 7.11 Å². The highest BCUT2D eigenvalue weighted by molar-refractivity contribution is 8.33. The van der Waals surface area contributed by atoms with Crippen LogP contribution in [0.15, 0.2) is 29.7 Å². The standard InChI is InChI=1S/C23H39N3OS/c1-6-9-12-17-28(15-10-7-2,16-11-8-3)22-14-13-21(23(25-22)27-5)26-18-20(4)24-19-26/h13-14,18-19H,6-12,15-17H2,1-5H3. The molecule has 4 nitrogen and oxygen atoms in total. The number of imidazole rings is 1. The van der Waals surface area contributed by atoms with Gasteiger partial charge >= 0.3 is 0 Å². The van der Waals surface area contributed by atoms with Gasteiger partial charge in [0.15, 0.2) is 0 Å². The number of hydrogen-bond acceptors (Lipinski definition) is 3. The predicted molar refractivity (Wildman–Crippen MR) is 122 cm³/mol. The van der Waals surface area contributed by atoms with Crippen molar-refractivity contribution in [1.29, 1.82) is 0 Å². The van der Waals surface area contributed by atoms with Crippen LogP contribution in [-0.4, -0.2) is 38.9 Å². The van der Waals surface area contributed by atoms with Crippen molar-refractivity contribution >= 4 is 10.0 Å². The summed E-state index contributed by atoms with van der Waals surface area (Å²) >= 11 is 0. The molecule has 0 saturated heterocycles. The number of ether oxygens (including phenoxy) is 1. The van der Waals surface area contributed by atoms with E-state index in [9.17, 15) is 0 Å². The van der Waals surface area contributed by atoms with Crippen LogP contribution < -0.4 is 4.74 Å². The van der Waals surface area contributed by atoms with E-state index in [0.29, 0.717) is 0 Å². The first-order valence-corrected chi connectivity index (χ1v) is 13.1. The first kappa shape index (κ1) is 22.8. The van der Waals surface area contributed by atoms with Crippen LogP contribution in [0, 0.1) is 6.92 Å². The van der Waals surface area contributed by atoms with E-state index in [1.165, 1.54) is 67.2 Å². The molecule has 0 aliphatic rings. The molecule has 2 heterocycles. The highest BCUT2D eigenvalue weighted by atomic mass is 32.3.